The van der Waals surface area contributed by atoms with Crippen LogP contribution >= 0.6 is 0 Å². The van der Waals surface area contributed by atoms with Gasteiger partial charge in [-0.05, 0) is 38.1 Å². The summed E-state index contributed by atoms with van der Waals surface area (Å²) in [6, 6.07) is 4.44. The Morgan fingerprint density at radius 1 is 1.37 bits per heavy atom. The molecule has 1 aromatic carbocycles. The summed E-state index contributed by atoms with van der Waals surface area (Å²) in [6.07, 6.45) is 0.134. The van der Waals surface area contributed by atoms with Crippen LogP contribution in [0.3, 0.4) is 0 Å². The molecule has 2 N–H and O–H groups in total. The minimum Gasteiger partial charge on any atom is -0.496 e. The Morgan fingerprint density at radius 3 is 2.68 bits per heavy atom. The second kappa shape index (κ2) is 6.37. The topological polar surface area (TPSA) is 42.5 Å². The third-order valence-electron chi connectivity index (χ3n) is 3.82. The predicted octanol–water partition coefficient (Wildman–Crippen LogP) is 1.56. The summed E-state index contributed by atoms with van der Waals surface area (Å²) >= 11 is 0. The molecule has 0 aliphatic carbocycles. The largest absolute Gasteiger partial charge is 0.496 e. The van der Waals surface area contributed by atoms with E-state index in [-0.39, 0.29) is 12.1 Å². The van der Waals surface area contributed by atoms with E-state index in [1.54, 1.807) is 7.11 Å². The Labute approximate surface area is 115 Å². The molecule has 1 fully saturated rings. The molecule has 0 amide bonds. The maximum atomic E-state index is 5.87. The van der Waals surface area contributed by atoms with E-state index in [1.807, 2.05) is 7.05 Å². The van der Waals surface area contributed by atoms with Crippen molar-refractivity contribution < 1.29 is 9.47 Å². The van der Waals surface area contributed by atoms with Crippen molar-refractivity contribution in [2.75, 3.05) is 33.9 Å². The molecule has 4 heteroatoms. The molecule has 4 nitrogen and oxygen atoms in total. The molecule has 19 heavy (non-hydrogen) atoms. The Balaban J connectivity index is 2.33. The molecule has 2 atom stereocenters. The number of morpholine rings is 1. The van der Waals surface area contributed by atoms with Crippen LogP contribution in [0.1, 0.15) is 22.7 Å². The van der Waals surface area contributed by atoms with Crippen LogP contribution < -0.4 is 15.4 Å². The van der Waals surface area contributed by atoms with Crippen molar-refractivity contribution in [1.82, 2.24) is 10.6 Å². The Morgan fingerprint density at radius 2 is 2.11 bits per heavy atom. The highest BCUT2D eigenvalue weighted by Gasteiger charge is 2.27. The molecule has 2 rings (SSSR count). The third kappa shape index (κ3) is 3.08. The van der Waals surface area contributed by atoms with Crippen molar-refractivity contribution in [3.63, 3.8) is 0 Å². The molecule has 1 aromatic rings. The number of hydrogen-bond acceptors (Lipinski definition) is 4. The van der Waals surface area contributed by atoms with Gasteiger partial charge in [-0.15, -0.1) is 0 Å². The van der Waals surface area contributed by atoms with Crippen molar-refractivity contribution in [3.05, 3.63) is 28.8 Å². The summed E-state index contributed by atoms with van der Waals surface area (Å²) < 4.78 is 11.4. The molecule has 1 aliphatic rings. The van der Waals surface area contributed by atoms with E-state index in [9.17, 15) is 0 Å². The van der Waals surface area contributed by atoms with Crippen LogP contribution in [0.5, 0.6) is 5.75 Å². The first-order chi connectivity index (χ1) is 9.17. The van der Waals surface area contributed by atoms with Crippen LogP contribution in [0.25, 0.3) is 0 Å². The molecule has 0 saturated carbocycles. The van der Waals surface area contributed by atoms with Gasteiger partial charge in [0, 0.05) is 18.7 Å². The lowest BCUT2D eigenvalue weighted by atomic mass is 9.95. The van der Waals surface area contributed by atoms with Crippen molar-refractivity contribution in [2.45, 2.75) is 26.0 Å². The lowest BCUT2D eigenvalue weighted by Crippen LogP contribution is -2.45. The molecule has 0 aromatic heterocycles. The van der Waals surface area contributed by atoms with Crippen LogP contribution in [-0.4, -0.2) is 40.0 Å². The van der Waals surface area contributed by atoms with Gasteiger partial charge in [-0.25, -0.2) is 0 Å². The molecule has 1 saturated heterocycles. The first-order valence-electron chi connectivity index (χ1n) is 6.82. The lowest BCUT2D eigenvalue weighted by Gasteiger charge is -2.32. The standard InChI is InChI=1S/C15H24N2O2/c1-10-7-12(13(18-4)8-11(10)2)15(16-3)14-9-17-5-6-19-14/h7-8,14-17H,5-6,9H2,1-4H3. The van der Waals surface area contributed by atoms with Gasteiger partial charge >= 0.3 is 0 Å². The quantitative estimate of drug-likeness (QED) is 0.866. The number of ether oxygens (including phenoxy) is 2. The number of benzene rings is 1. The van der Waals surface area contributed by atoms with Gasteiger partial charge in [-0.3, -0.25) is 0 Å². The molecular formula is C15H24N2O2. The van der Waals surface area contributed by atoms with Crippen molar-refractivity contribution in [2.24, 2.45) is 0 Å². The molecule has 0 bridgehead atoms. The molecule has 1 aliphatic heterocycles. The summed E-state index contributed by atoms with van der Waals surface area (Å²) in [5, 5.41) is 6.74. The van der Waals surface area contributed by atoms with Gasteiger partial charge in [0.1, 0.15) is 5.75 Å². The monoisotopic (exact) mass is 264 g/mol. The highest BCUT2D eigenvalue weighted by molar-refractivity contribution is 5.44. The van der Waals surface area contributed by atoms with Crippen LogP contribution in [-0.2, 0) is 4.74 Å². The highest BCUT2D eigenvalue weighted by Crippen LogP contribution is 2.31. The van der Waals surface area contributed by atoms with Gasteiger partial charge in [0.2, 0.25) is 0 Å². The highest BCUT2D eigenvalue weighted by atomic mass is 16.5. The van der Waals surface area contributed by atoms with E-state index in [4.69, 9.17) is 9.47 Å². The third-order valence-corrected chi connectivity index (χ3v) is 3.82. The second-order valence-electron chi connectivity index (χ2n) is 5.06. The first kappa shape index (κ1) is 14.3. The number of aryl methyl sites for hydroxylation is 2. The van der Waals surface area contributed by atoms with E-state index in [2.05, 4.69) is 36.6 Å². The van der Waals surface area contributed by atoms with Crippen LogP contribution in [0.15, 0.2) is 12.1 Å². The zero-order chi connectivity index (χ0) is 13.8. The molecule has 1 heterocycles. The number of rotatable bonds is 4. The van der Waals surface area contributed by atoms with E-state index in [0.29, 0.717) is 0 Å². The second-order valence-corrected chi connectivity index (χ2v) is 5.06. The molecule has 106 valence electrons. The fourth-order valence-electron chi connectivity index (χ4n) is 2.57. The average molecular weight is 264 g/mol. The SMILES string of the molecule is CNC(c1cc(C)c(C)cc1OC)C1CNCCO1. The number of nitrogens with one attached hydrogen (secondary N) is 2. The fourth-order valence-corrected chi connectivity index (χ4v) is 2.57. The Hall–Kier alpha value is -1.10. The lowest BCUT2D eigenvalue weighted by molar-refractivity contribution is 0.00490. The van der Waals surface area contributed by atoms with Gasteiger partial charge in [-0.2, -0.15) is 0 Å². The van der Waals surface area contributed by atoms with Gasteiger partial charge < -0.3 is 20.1 Å². The van der Waals surface area contributed by atoms with E-state index in [0.717, 1.165) is 25.4 Å². The predicted molar refractivity (Wildman–Crippen MR) is 76.9 cm³/mol. The van der Waals surface area contributed by atoms with Crippen LogP contribution in [0.4, 0.5) is 0 Å². The zero-order valence-electron chi connectivity index (χ0n) is 12.2. The maximum Gasteiger partial charge on any atom is 0.124 e. The summed E-state index contributed by atoms with van der Waals surface area (Å²) in [5.74, 6) is 0.927. The maximum absolute atomic E-state index is 5.87. The molecular weight excluding hydrogens is 240 g/mol. The number of methoxy groups -OCH3 is 1. The summed E-state index contributed by atoms with van der Waals surface area (Å²) in [6.45, 7) is 6.79. The Kier molecular flexibility index (Phi) is 4.80. The normalized spacial score (nSPS) is 21.2. The fraction of sp³-hybridized carbons (Fsp3) is 0.600. The number of likely N-dealkylation sites (N-methyl/N-ethyl adjacent to an activating group) is 1. The van der Waals surface area contributed by atoms with E-state index >= 15 is 0 Å². The summed E-state index contributed by atoms with van der Waals surface area (Å²) in [4.78, 5) is 0. The van der Waals surface area contributed by atoms with Crippen LogP contribution in [0.2, 0.25) is 0 Å². The van der Waals surface area contributed by atoms with Gasteiger partial charge in [0.25, 0.3) is 0 Å². The Bertz CT molecular complexity index is 428. The average Bonchev–Trinajstić information content (AvgIpc) is 2.44. The van der Waals surface area contributed by atoms with Gasteiger partial charge in [0.05, 0.1) is 25.9 Å². The van der Waals surface area contributed by atoms with Crippen molar-refractivity contribution in [3.8, 4) is 5.75 Å². The minimum absolute atomic E-state index is 0.134. The van der Waals surface area contributed by atoms with Gasteiger partial charge in [0.15, 0.2) is 0 Å². The van der Waals surface area contributed by atoms with E-state index < -0.39 is 0 Å². The van der Waals surface area contributed by atoms with Gasteiger partial charge in [-0.1, -0.05) is 6.07 Å². The van der Waals surface area contributed by atoms with E-state index in [1.165, 1.54) is 16.7 Å². The summed E-state index contributed by atoms with van der Waals surface area (Å²) in [5.41, 5.74) is 3.69. The van der Waals surface area contributed by atoms with Crippen molar-refractivity contribution in [1.29, 1.82) is 0 Å². The zero-order valence-corrected chi connectivity index (χ0v) is 12.2. The summed E-state index contributed by atoms with van der Waals surface area (Å²) in [7, 11) is 3.69. The molecule has 0 radical (unpaired) electrons. The van der Waals surface area contributed by atoms with Crippen LogP contribution in [0, 0.1) is 13.8 Å². The first-order valence-corrected chi connectivity index (χ1v) is 6.82. The number of hydrogen-bond donors (Lipinski definition) is 2. The smallest absolute Gasteiger partial charge is 0.124 e. The molecule has 2 unspecified atom stereocenters. The minimum atomic E-state index is 0.134. The molecule has 0 spiro atoms. The van der Waals surface area contributed by atoms with Crippen molar-refractivity contribution >= 4 is 0 Å².